The standard InChI is InChI=1S/C12H23N3.HI/c1-3-4-5-8-14-12(13)15-9-6-11(2)7-10-15;/h3-4,11H,5-10H2,1-2H3,(H2,13,14);1H. The van der Waals surface area contributed by atoms with Crippen molar-refractivity contribution >= 4 is 29.9 Å². The SMILES string of the molecule is CC=CCCN=C(N)N1CCC(C)CC1.I. The number of nitrogens with zero attached hydrogens (tertiary/aromatic N) is 2. The lowest BCUT2D eigenvalue weighted by molar-refractivity contribution is 0.277. The maximum atomic E-state index is 5.93. The van der Waals surface area contributed by atoms with Gasteiger partial charge in [0.2, 0.25) is 0 Å². The largest absolute Gasteiger partial charge is 0.370 e. The van der Waals surface area contributed by atoms with Crippen LogP contribution in [-0.4, -0.2) is 30.5 Å². The molecular weight excluding hydrogens is 313 g/mol. The zero-order valence-electron chi connectivity index (χ0n) is 10.4. The number of hydrogen-bond donors (Lipinski definition) is 1. The molecular formula is C12H24IN3. The Morgan fingerprint density at radius 3 is 2.62 bits per heavy atom. The molecule has 0 radical (unpaired) electrons. The lowest BCUT2D eigenvalue weighted by Gasteiger charge is -2.30. The van der Waals surface area contributed by atoms with Crippen LogP contribution in [0.2, 0.25) is 0 Å². The Hall–Kier alpha value is -0.260. The molecule has 1 aliphatic heterocycles. The van der Waals surface area contributed by atoms with Gasteiger partial charge in [0.05, 0.1) is 0 Å². The van der Waals surface area contributed by atoms with E-state index in [1.807, 2.05) is 13.0 Å². The summed E-state index contributed by atoms with van der Waals surface area (Å²) in [5, 5.41) is 0. The van der Waals surface area contributed by atoms with Gasteiger partial charge in [0.15, 0.2) is 5.96 Å². The molecule has 3 nitrogen and oxygen atoms in total. The van der Waals surface area contributed by atoms with E-state index in [9.17, 15) is 0 Å². The molecule has 94 valence electrons. The fourth-order valence-corrected chi connectivity index (χ4v) is 1.76. The number of allylic oxidation sites excluding steroid dienone is 1. The molecule has 0 atom stereocenters. The Kier molecular flexibility index (Phi) is 8.70. The van der Waals surface area contributed by atoms with Crippen molar-refractivity contribution in [2.24, 2.45) is 16.6 Å². The van der Waals surface area contributed by atoms with Gasteiger partial charge in [0, 0.05) is 19.6 Å². The van der Waals surface area contributed by atoms with E-state index in [2.05, 4.69) is 22.9 Å². The van der Waals surface area contributed by atoms with Gasteiger partial charge in [0.25, 0.3) is 0 Å². The van der Waals surface area contributed by atoms with Crippen LogP contribution < -0.4 is 5.73 Å². The summed E-state index contributed by atoms with van der Waals surface area (Å²) in [4.78, 5) is 6.58. The Morgan fingerprint density at radius 1 is 1.44 bits per heavy atom. The van der Waals surface area contributed by atoms with Gasteiger partial charge in [-0.1, -0.05) is 19.1 Å². The number of nitrogens with two attached hydrogens (primary N) is 1. The molecule has 1 rings (SSSR count). The third-order valence-electron chi connectivity index (χ3n) is 2.91. The number of likely N-dealkylation sites (tertiary alicyclic amines) is 1. The zero-order chi connectivity index (χ0) is 11.1. The number of halogens is 1. The monoisotopic (exact) mass is 337 g/mol. The molecule has 0 aromatic rings. The number of guanidine groups is 1. The molecule has 1 fully saturated rings. The van der Waals surface area contributed by atoms with Gasteiger partial charge in [0.1, 0.15) is 0 Å². The summed E-state index contributed by atoms with van der Waals surface area (Å²) in [7, 11) is 0. The molecule has 0 aromatic heterocycles. The number of piperidine rings is 1. The van der Waals surface area contributed by atoms with Gasteiger partial charge in [-0.15, -0.1) is 24.0 Å². The minimum Gasteiger partial charge on any atom is -0.370 e. The Morgan fingerprint density at radius 2 is 2.06 bits per heavy atom. The first-order valence-corrected chi connectivity index (χ1v) is 5.90. The minimum atomic E-state index is 0. The summed E-state index contributed by atoms with van der Waals surface area (Å²) < 4.78 is 0. The average molecular weight is 337 g/mol. The third kappa shape index (κ3) is 5.72. The molecule has 1 saturated heterocycles. The number of hydrogen-bond acceptors (Lipinski definition) is 1. The van der Waals surface area contributed by atoms with Crippen LogP contribution >= 0.6 is 24.0 Å². The summed E-state index contributed by atoms with van der Waals surface area (Å²) in [6, 6.07) is 0. The highest BCUT2D eigenvalue weighted by atomic mass is 127. The van der Waals surface area contributed by atoms with E-state index < -0.39 is 0 Å². The second-order valence-electron chi connectivity index (χ2n) is 4.27. The predicted octanol–water partition coefficient (Wildman–Crippen LogP) is 2.62. The van der Waals surface area contributed by atoms with Crippen LogP contribution in [0, 0.1) is 5.92 Å². The molecule has 0 bridgehead atoms. The fourth-order valence-electron chi connectivity index (χ4n) is 1.76. The smallest absolute Gasteiger partial charge is 0.191 e. The van der Waals surface area contributed by atoms with E-state index in [-0.39, 0.29) is 24.0 Å². The molecule has 0 unspecified atom stereocenters. The van der Waals surface area contributed by atoms with E-state index in [4.69, 9.17) is 5.73 Å². The average Bonchev–Trinajstić information content (AvgIpc) is 2.25. The molecule has 0 aliphatic carbocycles. The highest BCUT2D eigenvalue weighted by molar-refractivity contribution is 14.0. The molecule has 16 heavy (non-hydrogen) atoms. The lowest BCUT2D eigenvalue weighted by Crippen LogP contribution is -2.42. The maximum Gasteiger partial charge on any atom is 0.191 e. The topological polar surface area (TPSA) is 41.6 Å². The third-order valence-corrected chi connectivity index (χ3v) is 2.91. The molecule has 0 aromatic carbocycles. The van der Waals surface area contributed by atoms with Crippen molar-refractivity contribution in [2.75, 3.05) is 19.6 Å². The molecule has 0 saturated carbocycles. The Labute approximate surface area is 116 Å². The first-order chi connectivity index (χ1) is 7.24. The highest BCUT2D eigenvalue weighted by Crippen LogP contribution is 2.15. The lowest BCUT2D eigenvalue weighted by atomic mass is 10.00. The predicted molar refractivity (Wildman–Crippen MR) is 81.3 cm³/mol. The fraction of sp³-hybridized carbons (Fsp3) is 0.750. The normalized spacial score (nSPS) is 18.9. The van der Waals surface area contributed by atoms with Gasteiger partial charge in [-0.25, -0.2) is 0 Å². The van der Waals surface area contributed by atoms with Crippen molar-refractivity contribution in [1.82, 2.24) is 4.90 Å². The summed E-state index contributed by atoms with van der Waals surface area (Å²) in [5.74, 6) is 1.57. The van der Waals surface area contributed by atoms with Gasteiger partial charge >= 0.3 is 0 Å². The van der Waals surface area contributed by atoms with E-state index in [0.29, 0.717) is 0 Å². The van der Waals surface area contributed by atoms with Crippen molar-refractivity contribution in [2.45, 2.75) is 33.1 Å². The van der Waals surface area contributed by atoms with Crippen LogP contribution in [0.3, 0.4) is 0 Å². The van der Waals surface area contributed by atoms with Crippen molar-refractivity contribution in [3.8, 4) is 0 Å². The number of rotatable bonds is 3. The minimum absolute atomic E-state index is 0. The molecule has 0 spiro atoms. The van der Waals surface area contributed by atoms with E-state index >= 15 is 0 Å². The van der Waals surface area contributed by atoms with Crippen LogP contribution in [0.25, 0.3) is 0 Å². The van der Waals surface area contributed by atoms with Crippen LogP contribution in [0.1, 0.15) is 33.1 Å². The first-order valence-electron chi connectivity index (χ1n) is 5.90. The van der Waals surface area contributed by atoms with Crippen LogP contribution in [0.5, 0.6) is 0 Å². The highest BCUT2D eigenvalue weighted by Gasteiger charge is 2.16. The number of aliphatic imine (C=N–C) groups is 1. The first kappa shape index (κ1) is 15.7. The van der Waals surface area contributed by atoms with Gasteiger partial charge in [-0.2, -0.15) is 0 Å². The summed E-state index contributed by atoms with van der Waals surface area (Å²) in [6.07, 6.45) is 7.64. The Bertz CT molecular complexity index is 230. The summed E-state index contributed by atoms with van der Waals surface area (Å²) in [6.45, 7) is 7.28. The summed E-state index contributed by atoms with van der Waals surface area (Å²) in [5.41, 5.74) is 5.93. The maximum absolute atomic E-state index is 5.93. The van der Waals surface area contributed by atoms with Crippen LogP contribution in [0.4, 0.5) is 0 Å². The molecule has 0 amide bonds. The second kappa shape index (κ2) is 8.84. The van der Waals surface area contributed by atoms with Crippen LogP contribution in [0.15, 0.2) is 17.1 Å². The Balaban J connectivity index is 0.00000225. The second-order valence-corrected chi connectivity index (χ2v) is 4.27. The van der Waals surface area contributed by atoms with Crippen molar-refractivity contribution in [1.29, 1.82) is 0 Å². The van der Waals surface area contributed by atoms with Gasteiger partial charge in [-0.3, -0.25) is 4.99 Å². The van der Waals surface area contributed by atoms with E-state index in [0.717, 1.165) is 37.9 Å². The zero-order valence-corrected chi connectivity index (χ0v) is 12.7. The van der Waals surface area contributed by atoms with E-state index in [1.54, 1.807) is 0 Å². The molecule has 4 heteroatoms. The van der Waals surface area contributed by atoms with Crippen molar-refractivity contribution in [3.05, 3.63) is 12.2 Å². The van der Waals surface area contributed by atoms with Crippen molar-refractivity contribution < 1.29 is 0 Å². The molecule has 1 heterocycles. The van der Waals surface area contributed by atoms with Crippen LogP contribution in [-0.2, 0) is 0 Å². The van der Waals surface area contributed by atoms with Crippen molar-refractivity contribution in [3.63, 3.8) is 0 Å². The van der Waals surface area contributed by atoms with Gasteiger partial charge in [-0.05, 0) is 32.1 Å². The van der Waals surface area contributed by atoms with E-state index in [1.165, 1.54) is 12.8 Å². The quantitative estimate of drug-likeness (QED) is 0.283. The molecule has 2 N–H and O–H groups in total. The molecule has 1 aliphatic rings. The summed E-state index contributed by atoms with van der Waals surface area (Å²) >= 11 is 0. The van der Waals surface area contributed by atoms with Gasteiger partial charge < -0.3 is 10.6 Å².